The Morgan fingerprint density at radius 3 is 1.40 bits per heavy atom. The van der Waals surface area contributed by atoms with Crippen LogP contribution < -0.4 is 0 Å². The Labute approximate surface area is 99.9 Å². The van der Waals surface area contributed by atoms with Crippen LogP contribution >= 0.6 is 0 Å². The lowest BCUT2D eigenvalue weighted by Crippen LogP contribution is -1.86. The molecule has 0 spiro atoms. The Bertz CT molecular complexity index is 62.4. The minimum atomic E-state index is 0.904. The van der Waals surface area contributed by atoms with Gasteiger partial charge in [0.05, 0.1) is 0 Å². The van der Waals surface area contributed by atoms with Gasteiger partial charge in [0.25, 0.3) is 0 Å². The normalized spacial score (nSPS) is 8.80. The van der Waals surface area contributed by atoms with Crippen LogP contribution in [0.15, 0.2) is 0 Å². The fourth-order valence-electron chi connectivity index (χ4n) is 0.979. The van der Waals surface area contributed by atoms with Gasteiger partial charge < -0.3 is 0 Å². The molecule has 0 heteroatoms. The minimum Gasteiger partial charge on any atom is -0.0683 e. The van der Waals surface area contributed by atoms with Crippen molar-refractivity contribution in [1.82, 2.24) is 0 Å². The molecule has 0 saturated carbocycles. The van der Waals surface area contributed by atoms with Crippen LogP contribution in [0.3, 0.4) is 0 Å². The third-order valence-electron chi connectivity index (χ3n) is 2.14. The molecule has 0 aliphatic carbocycles. The highest BCUT2D eigenvalue weighted by molar-refractivity contribution is 4.45. The average Bonchev–Trinajstić information content (AvgIpc) is 2.27. The van der Waals surface area contributed by atoms with Gasteiger partial charge in [0, 0.05) is 0 Å². The summed E-state index contributed by atoms with van der Waals surface area (Å²) in [5, 5.41) is 0. The van der Waals surface area contributed by atoms with Gasteiger partial charge in [-0.1, -0.05) is 93.4 Å². The number of hydrogen-bond acceptors (Lipinski definition) is 0. The van der Waals surface area contributed by atoms with E-state index < -0.39 is 0 Å². The van der Waals surface area contributed by atoms with E-state index in [0.29, 0.717) is 0 Å². The third kappa shape index (κ3) is 41.1. The molecule has 0 atom stereocenters. The molecule has 0 fully saturated rings. The molecule has 0 amide bonds. The second-order valence-electron chi connectivity index (χ2n) is 4.24. The molecule has 0 nitrogen and oxygen atoms in total. The first-order valence-corrected chi connectivity index (χ1v) is 7.18. The molecule has 96 valence electrons. The zero-order valence-electron chi connectivity index (χ0n) is 12.5. The van der Waals surface area contributed by atoms with Crippen molar-refractivity contribution in [2.45, 2.75) is 93.4 Å². The molecule has 15 heavy (non-hydrogen) atoms. The van der Waals surface area contributed by atoms with Gasteiger partial charge in [0.2, 0.25) is 0 Å². The summed E-state index contributed by atoms with van der Waals surface area (Å²) in [4.78, 5) is 0. The van der Waals surface area contributed by atoms with Crippen molar-refractivity contribution in [2.75, 3.05) is 0 Å². The Kier molecular flexibility index (Phi) is 32.2. The number of hydrogen-bond donors (Lipinski definition) is 0. The summed E-state index contributed by atoms with van der Waals surface area (Å²) in [5.41, 5.74) is 0. The quantitative estimate of drug-likeness (QED) is 0.448. The maximum absolute atomic E-state index is 2.30. The second-order valence-corrected chi connectivity index (χ2v) is 4.24. The molecular weight excluding hydrogens is 180 g/mol. The Morgan fingerprint density at radius 1 is 0.667 bits per heavy atom. The van der Waals surface area contributed by atoms with Crippen LogP contribution in [0.1, 0.15) is 93.4 Å². The molecule has 0 saturated heterocycles. The van der Waals surface area contributed by atoms with Crippen LogP contribution in [0.5, 0.6) is 0 Å². The number of unbranched alkanes of at least 4 members (excludes halogenated alkanes) is 4. The Balaban J connectivity index is -0.000000202. The molecule has 0 heterocycles. The summed E-state index contributed by atoms with van der Waals surface area (Å²) < 4.78 is 0. The van der Waals surface area contributed by atoms with Gasteiger partial charge in [0.15, 0.2) is 0 Å². The first-order chi connectivity index (χ1) is 7.18. The van der Waals surface area contributed by atoms with Crippen LogP contribution in [0.25, 0.3) is 0 Å². The van der Waals surface area contributed by atoms with Crippen molar-refractivity contribution in [3.8, 4) is 0 Å². The van der Waals surface area contributed by atoms with Crippen LogP contribution in [-0.4, -0.2) is 0 Å². The fourth-order valence-corrected chi connectivity index (χ4v) is 0.979. The molecule has 0 rings (SSSR count). The molecule has 0 aliphatic heterocycles. The molecule has 0 aromatic rings. The topological polar surface area (TPSA) is 0 Å². The first kappa shape index (κ1) is 20.4. The van der Waals surface area contributed by atoms with Gasteiger partial charge in [-0.05, 0) is 5.92 Å². The van der Waals surface area contributed by atoms with E-state index in [1.807, 2.05) is 13.8 Å². The summed E-state index contributed by atoms with van der Waals surface area (Å²) in [6, 6.07) is 0. The van der Waals surface area contributed by atoms with E-state index in [4.69, 9.17) is 0 Å². The van der Waals surface area contributed by atoms with Crippen molar-refractivity contribution in [2.24, 2.45) is 5.92 Å². The van der Waals surface area contributed by atoms with Gasteiger partial charge in [-0.15, -0.1) is 0 Å². The van der Waals surface area contributed by atoms with Crippen molar-refractivity contribution in [1.29, 1.82) is 0 Å². The minimum absolute atomic E-state index is 0.904. The highest BCUT2D eigenvalue weighted by Crippen LogP contribution is 2.08. The summed E-state index contributed by atoms with van der Waals surface area (Å²) >= 11 is 0. The molecule has 0 aromatic carbocycles. The van der Waals surface area contributed by atoms with E-state index in [1.54, 1.807) is 0 Å². The standard InChI is InChI=1S/C9H20.C4H10.C2H6/c1-4-5-6-7-8-9(2)3;1-3-4-2;1-2/h9H,4-8H2,1-3H3;3-4H2,1-2H3;1-2H3. The van der Waals surface area contributed by atoms with E-state index in [-0.39, 0.29) is 0 Å². The molecule has 0 aliphatic rings. The lowest BCUT2D eigenvalue weighted by atomic mass is 10.1. The monoisotopic (exact) mass is 216 g/mol. The van der Waals surface area contributed by atoms with Gasteiger partial charge >= 0.3 is 0 Å². The predicted octanol–water partition coefficient (Wildman–Crippen LogP) is 6.45. The van der Waals surface area contributed by atoms with Crippen molar-refractivity contribution in [3.05, 3.63) is 0 Å². The van der Waals surface area contributed by atoms with E-state index >= 15 is 0 Å². The van der Waals surface area contributed by atoms with Crippen LogP contribution in [0, 0.1) is 5.92 Å². The lowest BCUT2D eigenvalue weighted by Gasteiger charge is -2.01. The van der Waals surface area contributed by atoms with Crippen molar-refractivity contribution in [3.63, 3.8) is 0 Å². The van der Waals surface area contributed by atoms with Crippen LogP contribution in [-0.2, 0) is 0 Å². The predicted molar refractivity (Wildman–Crippen MR) is 75.5 cm³/mol. The average molecular weight is 216 g/mol. The molecule has 0 unspecified atom stereocenters. The van der Waals surface area contributed by atoms with E-state index in [1.165, 1.54) is 44.9 Å². The number of rotatable bonds is 6. The Hall–Kier alpha value is 0. The van der Waals surface area contributed by atoms with Crippen LogP contribution in [0.2, 0.25) is 0 Å². The molecule has 0 aromatic heterocycles. The van der Waals surface area contributed by atoms with Crippen LogP contribution in [0.4, 0.5) is 0 Å². The Morgan fingerprint density at radius 2 is 1.13 bits per heavy atom. The van der Waals surface area contributed by atoms with Gasteiger partial charge in [0.1, 0.15) is 0 Å². The smallest absolute Gasteiger partial charge is 0.0471 e. The summed E-state index contributed by atoms with van der Waals surface area (Å²) in [7, 11) is 0. The molecular formula is C15H36. The molecule has 0 radical (unpaired) electrons. The lowest BCUT2D eigenvalue weighted by molar-refractivity contribution is 0.525. The van der Waals surface area contributed by atoms with Gasteiger partial charge in [-0.25, -0.2) is 0 Å². The van der Waals surface area contributed by atoms with Crippen molar-refractivity contribution >= 4 is 0 Å². The fraction of sp³-hybridized carbons (Fsp3) is 1.00. The van der Waals surface area contributed by atoms with E-state index in [9.17, 15) is 0 Å². The summed E-state index contributed by atoms with van der Waals surface area (Å²) in [5.74, 6) is 0.904. The first-order valence-electron chi connectivity index (χ1n) is 7.18. The summed E-state index contributed by atoms with van der Waals surface area (Å²) in [6.07, 6.45) is 9.71. The zero-order chi connectivity index (χ0) is 12.5. The van der Waals surface area contributed by atoms with Gasteiger partial charge in [-0.2, -0.15) is 0 Å². The SMILES string of the molecule is CC.CCCC.CCCCCCC(C)C. The van der Waals surface area contributed by atoms with Gasteiger partial charge in [-0.3, -0.25) is 0 Å². The maximum Gasteiger partial charge on any atom is -0.0471 e. The van der Waals surface area contributed by atoms with Crippen molar-refractivity contribution < 1.29 is 0 Å². The highest BCUT2D eigenvalue weighted by atomic mass is 14.0. The maximum atomic E-state index is 2.30. The largest absolute Gasteiger partial charge is 0.0683 e. The second kappa shape index (κ2) is 23.7. The third-order valence-corrected chi connectivity index (χ3v) is 2.14. The summed E-state index contributed by atoms with van der Waals surface area (Å²) in [6.45, 7) is 15.2. The zero-order valence-corrected chi connectivity index (χ0v) is 12.5. The molecule has 0 bridgehead atoms. The van der Waals surface area contributed by atoms with E-state index in [0.717, 1.165) is 5.92 Å². The molecule has 0 N–H and O–H groups in total. The highest BCUT2D eigenvalue weighted by Gasteiger charge is 1.91. The van der Waals surface area contributed by atoms with E-state index in [2.05, 4.69) is 34.6 Å².